The highest BCUT2D eigenvalue weighted by Crippen LogP contribution is 2.31. The fraction of sp³-hybridized carbons (Fsp3) is 0.269. The van der Waals surface area contributed by atoms with Crippen LogP contribution in [0.4, 0.5) is 13.2 Å². The van der Waals surface area contributed by atoms with E-state index in [1.165, 1.54) is 4.57 Å². The molecule has 5 nitrogen and oxygen atoms in total. The van der Waals surface area contributed by atoms with Gasteiger partial charge in [0, 0.05) is 18.3 Å². The molecule has 0 bridgehead atoms. The summed E-state index contributed by atoms with van der Waals surface area (Å²) in [5.74, 6) is 0.0950. The lowest BCUT2D eigenvalue weighted by Crippen LogP contribution is -2.21. The number of ether oxygens (including phenoxy) is 1. The Morgan fingerprint density at radius 3 is 2.53 bits per heavy atom. The van der Waals surface area contributed by atoms with Crippen LogP contribution in [0.15, 0.2) is 66.9 Å². The third-order valence-electron chi connectivity index (χ3n) is 5.26. The molecular formula is C26H26F3NO4. The van der Waals surface area contributed by atoms with Crippen molar-refractivity contribution in [2.24, 2.45) is 0 Å². The third kappa shape index (κ3) is 6.59. The number of benzene rings is 2. The number of aromatic nitrogens is 1. The molecule has 0 saturated carbocycles. The Kier molecular flexibility index (Phi) is 8.31. The third-order valence-corrected chi connectivity index (χ3v) is 5.26. The van der Waals surface area contributed by atoms with Crippen LogP contribution in [0.1, 0.15) is 46.1 Å². The summed E-state index contributed by atoms with van der Waals surface area (Å²) >= 11 is 0. The molecule has 0 saturated heterocycles. The normalized spacial score (nSPS) is 12.8. The second kappa shape index (κ2) is 11.2. The average Bonchev–Trinajstić information content (AvgIpc) is 3.24. The fourth-order valence-electron chi connectivity index (χ4n) is 3.36. The molecule has 2 aromatic carbocycles. The minimum absolute atomic E-state index is 0.0313. The Bertz CT molecular complexity index is 1130. The average molecular weight is 473 g/mol. The van der Waals surface area contributed by atoms with Gasteiger partial charge in [-0.05, 0) is 37.1 Å². The largest absolute Gasteiger partial charge is 0.488 e. The minimum atomic E-state index is -4.56. The number of allylic oxidation sites excluding steroid dienone is 1. The van der Waals surface area contributed by atoms with E-state index in [1.54, 1.807) is 54.6 Å². The zero-order chi connectivity index (χ0) is 24.7. The second-order valence-electron chi connectivity index (χ2n) is 7.88. The summed E-state index contributed by atoms with van der Waals surface area (Å²) in [4.78, 5) is 17.1. The Morgan fingerprint density at radius 2 is 1.88 bits per heavy atom. The molecule has 1 atom stereocenters. The molecule has 3 rings (SSSR count). The molecule has 0 unspecified atom stereocenters. The lowest BCUT2D eigenvalue weighted by molar-refractivity contribution is -0.254. The quantitative estimate of drug-likeness (QED) is 0.210. The SMILES string of the molecule is CC[C@@H](COO)Oc1cccc(/C=C/Cn2cc(C(F)(F)F)cc2C(=O)c2ccc(C)cc2)c1. The molecule has 0 amide bonds. The zero-order valence-electron chi connectivity index (χ0n) is 18.9. The maximum absolute atomic E-state index is 13.3. The summed E-state index contributed by atoms with van der Waals surface area (Å²) in [5, 5.41) is 8.64. The van der Waals surface area contributed by atoms with Crippen LogP contribution in [-0.2, 0) is 17.6 Å². The molecular weight excluding hydrogens is 447 g/mol. The van der Waals surface area contributed by atoms with Crippen LogP contribution < -0.4 is 4.74 Å². The predicted molar refractivity (Wildman–Crippen MR) is 123 cm³/mol. The van der Waals surface area contributed by atoms with Gasteiger partial charge in [-0.25, -0.2) is 4.89 Å². The summed E-state index contributed by atoms with van der Waals surface area (Å²) in [5.41, 5.74) is 1.14. The van der Waals surface area contributed by atoms with Gasteiger partial charge in [-0.1, -0.05) is 61.0 Å². The van der Waals surface area contributed by atoms with Crippen LogP contribution in [0.3, 0.4) is 0 Å². The van der Waals surface area contributed by atoms with E-state index < -0.39 is 17.5 Å². The molecule has 0 fully saturated rings. The predicted octanol–water partition coefficient (Wildman–Crippen LogP) is 6.41. The van der Waals surface area contributed by atoms with Crippen molar-refractivity contribution in [1.29, 1.82) is 0 Å². The van der Waals surface area contributed by atoms with Crippen molar-refractivity contribution in [3.05, 3.63) is 94.8 Å². The molecule has 0 radical (unpaired) electrons. The number of carbonyl (C=O) groups is 1. The van der Waals surface area contributed by atoms with Crippen LogP contribution in [0.2, 0.25) is 0 Å². The van der Waals surface area contributed by atoms with Gasteiger partial charge < -0.3 is 9.30 Å². The number of alkyl halides is 3. The highest BCUT2D eigenvalue weighted by molar-refractivity contribution is 6.08. The molecule has 1 heterocycles. The highest BCUT2D eigenvalue weighted by Gasteiger charge is 2.33. The van der Waals surface area contributed by atoms with Gasteiger partial charge in [0.05, 0.1) is 11.3 Å². The van der Waals surface area contributed by atoms with Crippen LogP contribution in [0.5, 0.6) is 5.75 Å². The maximum atomic E-state index is 13.3. The minimum Gasteiger partial charge on any atom is -0.488 e. The Morgan fingerprint density at radius 1 is 1.15 bits per heavy atom. The van der Waals surface area contributed by atoms with Crippen molar-refractivity contribution < 1.29 is 32.8 Å². The fourth-order valence-corrected chi connectivity index (χ4v) is 3.36. The Hall–Kier alpha value is -3.36. The summed E-state index contributed by atoms with van der Waals surface area (Å²) in [6.07, 6.45) is 0.125. The molecule has 34 heavy (non-hydrogen) atoms. The van der Waals surface area contributed by atoms with Gasteiger partial charge in [0.25, 0.3) is 0 Å². The van der Waals surface area contributed by atoms with Crippen LogP contribution in [-0.4, -0.2) is 28.3 Å². The van der Waals surface area contributed by atoms with E-state index >= 15 is 0 Å². The first-order chi connectivity index (χ1) is 16.2. The lowest BCUT2D eigenvalue weighted by Gasteiger charge is -2.16. The number of rotatable bonds is 10. The first-order valence-electron chi connectivity index (χ1n) is 10.8. The number of carbonyl (C=O) groups excluding carboxylic acids is 1. The summed E-state index contributed by atoms with van der Waals surface area (Å²) in [6, 6.07) is 14.7. The number of ketones is 1. The van der Waals surface area contributed by atoms with Crippen LogP contribution >= 0.6 is 0 Å². The molecule has 0 spiro atoms. The van der Waals surface area contributed by atoms with Gasteiger partial charge in [0.15, 0.2) is 0 Å². The number of nitrogens with zero attached hydrogens (tertiary/aromatic N) is 1. The van der Waals surface area contributed by atoms with Gasteiger partial charge >= 0.3 is 6.18 Å². The maximum Gasteiger partial charge on any atom is 0.417 e. The molecule has 0 aliphatic carbocycles. The van der Waals surface area contributed by atoms with E-state index in [1.807, 2.05) is 19.9 Å². The van der Waals surface area contributed by atoms with Crippen molar-refractivity contribution in [3.8, 4) is 5.75 Å². The van der Waals surface area contributed by atoms with Gasteiger partial charge in [-0.3, -0.25) is 10.1 Å². The van der Waals surface area contributed by atoms with E-state index in [0.717, 1.165) is 23.4 Å². The molecule has 1 aromatic heterocycles. The molecule has 180 valence electrons. The standard InChI is InChI=1S/C26H26F3NO4/c1-3-22(17-33-32)34-23-8-4-6-19(14-23)7-5-13-30-16-21(26(27,28)29)15-24(30)25(31)20-11-9-18(2)10-12-20/h4-12,14-16,22,32H,3,13,17H2,1-2H3/b7-5+/t22-/m0/s1. The number of halogens is 3. The van der Waals surface area contributed by atoms with Crippen LogP contribution in [0, 0.1) is 6.92 Å². The first-order valence-corrected chi connectivity index (χ1v) is 10.8. The van der Waals surface area contributed by atoms with Gasteiger partial charge in [-0.15, -0.1) is 0 Å². The topological polar surface area (TPSA) is 60.7 Å². The molecule has 0 aliphatic rings. The number of aryl methyl sites for hydroxylation is 1. The van der Waals surface area contributed by atoms with Gasteiger partial charge in [-0.2, -0.15) is 13.2 Å². The number of hydrogen-bond donors (Lipinski definition) is 1. The van der Waals surface area contributed by atoms with Gasteiger partial charge in [0.2, 0.25) is 5.78 Å². The highest BCUT2D eigenvalue weighted by atomic mass is 19.4. The second-order valence-corrected chi connectivity index (χ2v) is 7.88. The summed E-state index contributed by atoms with van der Waals surface area (Å²) < 4.78 is 47.1. The van der Waals surface area contributed by atoms with Crippen molar-refractivity contribution in [2.75, 3.05) is 6.61 Å². The van der Waals surface area contributed by atoms with Crippen molar-refractivity contribution >= 4 is 11.9 Å². The Labute approximate surface area is 196 Å². The van der Waals surface area contributed by atoms with Crippen molar-refractivity contribution in [1.82, 2.24) is 4.57 Å². The van der Waals surface area contributed by atoms with E-state index in [9.17, 15) is 18.0 Å². The van der Waals surface area contributed by atoms with Crippen LogP contribution in [0.25, 0.3) is 6.08 Å². The van der Waals surface area contributed by atoms with Gasteiger partial charge in [0.1, 0.15) is 18.5 Å². The molecule has 1 N–H and O–H groups in total. The summed E-state index contributed by atoms with van der Waals surface area (Å²) in [7, 11) is 0. The van der Waals surface area contributed by atoms with E-state index in [-0.39, 0.29) is 24.9 Å². The smallest absolute Gasteiger partial charge is 0.417 e. The lowest BCUT2D eigenvalue weighted by atomic mass is 10.1. The van der Waals surface area contributed by atoms with Crippen molar-refractivity contribution in [3.63, 3.8) is 0 Å². The zero-order valence-corrected chi connectivity index (χ0v) is 18.9. The van der Waals surface area contributed by atoms with Crippen molar-refractivity contribution in [2.45, 2.75) is 39.1 Å². The number of hydrogen-bond acceptors (Lipinski definition) is 4. The van der Waals surface area contributed by atoms with E-state index in [0.29, 0.717) is 17.7 Å². The molecule has 8 heteroatoms. The molecule has 3 aromatic rings. The van der Waals surface area contributed by atoms with E-state index in [2.05, 4.69) is 4.89 Å². The molecule has 0 aliphatic heterocycles. The summed E-state index contributed by atoms with van der Waals surface area (Å²) in [6.45, 7) is 3.87. The monoisotopic (exact) mass is 473 g/mol. The first kappa shape index (κ1) is 25.3. The van der Waals surface area contributed by atoms with E-state index in [4.69, 9.17) is 9.99 Å². The Balaban J connectivity index is 1.81.